The Balaban J connectivity index is 2.04. The molecule has 0 radical (unpaired) electrons. The van der Waals surface area contributed by atoms with Gasteiger partial charge in [-0.05, 0) is 30.5 Å². The Morgan fingerprint density at radius 3 is 2.72 bits per heavy atom. The number of carbonyl (C=O) groups excluding carboxylic acids is 1. The summed E-state index contributed by atoms with van der Waals surface area (Å²) >= 11 is 1.69. The zero-order chi connectivity index (χ0) is 13.0. The van der Waals surface area contributed by atoms with Gasteiger partial charge in [-0.25, -0.2) is 0 Å². The fourth-order valence-corrected chi connectivity index (χ4v) is 2.22. The first-order valence-corrected chi connectivity index (χ1v) is 6.44. The number of amides is 1. The number of rotatable bonds is 4. The average molecular weight is 262 g/mol. The summed E-state index contributed by atoms with van der Waals surface area (Å²) in [5, 5.41) is 15.6. The SMILES string of the molecule is CNC(=O)c1ccc(NC(C)c2cccs2)nn1. The standard InChI is InChI=1S/C12H14N4OS/c1-8(10-4-3-7-18-10)14-11-6-5-9(15-16-11)12(17)13-2/h3-8H,1-2H3,(H,13,17)(H,14,16). The molecule has 0 aliphatic rings. The Morgan fingerprint density at radius 2 is 2.17 bits per heavy atom. The summed E-state index contributed by atoms with van der Waals surface area (Å²) in [6.07, 6.45) is 0. The maximum atomic E-state index is 11.3. The molecule has 5 nitrogen and oxygen atoms in total. The van der Waals surface area contributed by atoms with Crippen LogP contribution in [0.3, 0.4) is 0 Å². The van der Waals surface area contributed by atoms with Crippen LogP contribution in [0.1, 0.15) is 28.3 Å². The van der Waals surface area contributed by atoms with E-state index in [0.717, 1.165) is 0 Å². The first-order chi connectivity index (χ1) is 8.70. The van der Waals surface area contributed by atoms with Crippen LogP contribution in [0.4, 0.5) is 5.82 Å². The van der Waals surface area contributed by atoms with Crippen LogP contribution in [-0.4, -0.2) is 23.2 Å². The van der Waals surface area contributed by atoms with Crippen LogP contribution < -0.4 is 10.6 Å². The molecule has 0 fully saturated rings. The molecular formula is C12H14N4OS. The van der Waals surface area contributed by atoms with Crippen molar-refractivity contribution in [3.63, 3.8) is 0 Å². The molecule has 2 heterocycles. The van der Waals surface area contributed by atoms with E-state index in [0.29, 0.717) is 11.5 Å². The second kappa shape index (κ2) is 5.59. The molecule has 2 aromatic rings. The van der Waals surface area contributed by atoms with Gasteiger partial charge in [-0.15, -0.1) is 21.5 Å². The molecule has 1 amide bonds. The van der Waals surface area contributed by atoms with Crippen molar-refractivity contribution in [3.8, 4) is 0 Å². The summed E-state index contributed by atoms with van der Waals surface area (Å²) in [6.45, 7) is 2.06. The fourth-order valence-electron chi connectivity index (χ4n) is 1.49. The lowest BCUT2D eigenvalue weighted by Gasteiger charge is -2.12. The minimum absolute atomic E-state index is 0.171. The van der Waals surface area contributed by atoms with Crippen LogP contribution in [-0.2, 0) is 0 Å². The van der Waals surface area contributed by atoms with Crippen LogP contribution >= 0.6 is 11.3 Å². The largest absolute Gasteiger partial charge is 0.361 e. The summed E-state index contributed by atoms with van der Waals surface area (Å²) in [4.78, 5) is 12.5. The Hall–Kier alpha value is -1.95. The van der Waals surface area contributed by atoms with Gasteiger partial charge in [0.15, 0.2) is 5.69 Å². The molecule has 0 saturated carbocycles. The summed E-state index contributed by atoms with van der Waals surface area (Å²) in [5.74, 6) is 0.420. The Labute approximate surface area is 109 Å². The van der Waals surface area contributed by atoms with Crippen molar-refractivity contribution < 1.29 is 4.79 Å². The third-order valence-electron chi connectivity index (χ3n) is 2.46. The highest BCUT2D eigenvalue weighted by atomic mass is 32.1. The van der Waals surface area contributed by atoms with E-state index in [1.807, 2.05) is 11.4 Å². The van der Waals surface area contributed by atoms with E-state index in [2.05, 4.69) is 33.8 Å². The van der Waals surface area contributed by atoms with Crippen LogP contribution in [0.15, 0.2) is 29.6 Å². The fraction of sp³-hybridized carbons (Fsp3) is 0.250. The smallest absolute Gasteiger partial charge is 0.271 e. The van der Waals surface area contributed by atoms with E-state index in [1.165, 1.54) is 4.88 Å². The molecule has 1 atom stereocenters. The zero-order valence-electron chi connectivity index (χ0n) is 10.2. The molecule has 1 unspecified atom stereocenters. The molecule has 0 aromatic carbocycles. The van der Waals surface area contributed by atoms with Crippen molar-refractivity contribution in [2.45, 2.75) is 13.0 Å². The van der Waals surface area contributed by atoms with Gasteiger partial charge in [0, 0.05) is 11.9 Å². The topological polar surface area (TPSA) is 66.9 Å². The lowest BCUT2D eigenvalue weighted by atomic mass is 10.2. The number of nitrogens with one attached hydrogen (secondary N) is 2. The molecule has 2 rings (SSSR count). The normalized spacial score (nSPS) is 11.9. The number of hydrogen-bond donors (Lipinski definition) is 2. The Kier molecular flexibility index (Phi) is 3.88. The average Bonchev–Trinajstić information content (AvgIpc) is 2.92. The second-order valence-electron chi connectivity index (χ2n) is 3.76. The molecule has 6 heteroatoms. The lowest BCUT2D eigenvalue weighted by Crippen LogP contribution is -2.20. The lowest BCUT2D eigenvalue weighted by molar-refractivity contribution is 0.0957. The van der Waals surface area contributed by atoms with E-state index in [-0.39, 0.29) is 11.9 Å². The number of anilines is 1. The zero-order valence-corrected chi connectivity index (χ0v) is 11.0. The van der Waals surface area contributed by atoms with Gasteiger partial charge in [0.1, 0.15) is 5.82 Å². The van der Waals surface area contributed by atoms with E-state index in [1.54, 1.807) is 30.5 Å². The molecule has 0 saturated heterocycles. The van der Waals surface area contributed by atoms with E-state index in [4.69, 9.17) is 0 Å². The Morgan fingerprint density at radius 1 is 1.33 bits per heavy atom. The van der Waals surface area contributed by atoms with Gasteiger partial charge in [-0.3, -0.25) is 4.79 Å². The number of hydrogen-bond acceptors (Lipinski definition) is 5. The molecule has 18 heavy (non-hydrogen) atoms. The van der Waals surface area contributed by atoms with Gasteiger partial charge in [-0.1, -0.05) is 6.07 Å². The third-order valence-corrected chi connectivity index (χ3v) is 3.51. The number of carbonyl (C=O) groups is 1. The highest BCUT2D eigenvalue weighted by molar-refractivity contribution is 7.10. The summed E-state index contributed by atoms with van der Waals surface area (Å²) < 4.78 is 0. The van der Waals surface area contributed by atoms with Gasteiger partial charge < -0.3 is 10.6 Å². The van der Waals surface area contributed by atoms with Crippen molar-refractivity contribution in [1.29, 1.82) is 0 Å². The maximum absolute atomic E-state index is 11.3. The predicted octanol–water partition coefficient (Wildman–Crippen LogP) is 2.07. The van der Waals surface area contributed by atoms with Gasteiger partial charge >= 0.3 is 0 Å². The first-order valence-electron chi connectivity index (χ1n) is 5.56. The van der Waals surface area contributed by atoms with Gasteiger partial charge in [0.25, 0.3) is 5.91 Å². The monoisotopic (exact) mass is 262 g/mol. The van der Waals surface area contributed by atoms with Crippen LogP contribution in [0.5, 0.6) is 0 Å². The quantitative estimate of drug-likeness (QED) is 0.885. The van der Waals surface area contributed by atoms with Crippen molar-refractivity contribution in [2.75, 3.05) is 12.4 Å². The van der Waals surface area contributed by atoms with Gasteiger partial charge in [0.05, 0.1) is 6.04 Å². The minimum Gasteiger partial charge on any atom is -0.361 e. The summed E-state index contributed by atoms with van der Waals surface area (Å²) in [7, 11) is 1.56. The first kappa shape index (κ1) is 12.5. The molecule has 0 aliphatic carbocycles. The van der Waals surface area contributed by atoms with Crippen LogP contribution in [0.2, 0.25) is 0 Å². The molecular weight excluding hydrogens is 248 g/mol. The number of aromatic nitrogens is 2. The number of nitrogens with zero attached hydrogens (tertiary/aromatic N) is 2. The predicted molar refractivity (Wildman–Crippen MR) is 71.8 cm³/mol. The van der Waals surface area contributed by atoms with Crippen molar-refractivity contribution in [3.05, 3.63) is 40.2 Å². The molecule has 2 N–H and O–H groups in total. The molecule has 0 bridgehead atoms. The van der Waals surface area contributed by atoms with E-state index >= 15 is 0 Å². The molecule has 0 aliphatic heterocycles. The molecule has 0 spiro atoms. The van der Waals surface area contributed by atoms with Crippen molar-refractivity contribution >= 4 is 23.1 Å². The second-order valence-corrected chi connectivity index (χ2v) is 4.74. The minimum atomic E-state index is -0.236. The summed E-state index contributed by atoms with van der Waals surface area (Å²) in [5.41, 5.74) is 0.312. The Bertz CT molecular complexity index is 509. The highest BCUT2D eigenvalue weighted by Crippen LogP contribution is 2.21. The van der Waals surface area contributed by atoms with Crippen LogP contribution in [0.25, 0.3) is 0 Å². The van der Waals surface area contributed by atoms with Crippen molar-refractivity contribution in [1.82, 2.24) is 15.5 Å². The summed E-state index contributed by atoms with van der Waals surface area (Å²) in [6, 6.07) is 7.65. The molecule has 2 aromatic heterocycles. The number of thiophene rings is 1. The van der Waals surface area contributed by atoms with Crippen molar-refractivity contribution in [2.24, 2.45) is 0 Å². The maximum Gasteiger partial charge on any atom is 0.271 e. The van der Waals surface area contributed by atoms with Gasteiger partial charge in [0.2, 0.25) is 0 Å². The van der Waals surface area contributed by atoms with E-state index < -0.39 is 0 Å². The van der Waals surface area contributed by atoms with E-state index in [9.17, 15) is 4.79 Å². The third kappa shape index (κ3) is 2.84. The van der Waals surface area contributed by atoms with Crippen LogP contribution in [0, 0.1) is 0 Å². The van der Waals surface area contributed by atoms with Gasteiger partial charge in [-0.2, -0.15) is 0 Å². The highest BCUT2D eigenvalue weighted by Gasteiger charge is 2.09. The molecule has 94 valence electrons.